The Morgan fingerprint density at radius 3 is 2.41 bits per heavy atom. The lowest BCUT2D eigenvalue weighted by molar-refractivity contribution is 0.0302. The van der Waals surface area contributed by atoms with Crippen molar-refractivity contribution in [3.05, 3.63) is 71.8 Å². The van der Waals surface area contributed by atoms with Crippen LogP contribution in [0.15, 0.2) is 49.1 Å². The van der Waals surface area contributed by atoms with E-state index in [4.69, 9.17) is 9.47 Å². The quantitative estimate of drug-likeness (QED) is 0.402. The molecule has 0 saturated carbocycles. The smallest absolute Gasteiger partial charge is 0.255 e. The standard InChI is InChI=1S/C27H27F2N7O3/c28-23-12-21(13-24(29)22(23)17-34-3-7-38-8-4-34)36-2-1-18-15-31-27(33-25(18)36)32-20-11-19(14-30-16-20)26(37)35-5-9-39-10-6-35/h1-2,11-16H,3-10,17H2,(H,31,32,33). The predicted octanol–water partition coefficient (Wildman–Crippen LogP) is 3.14. The van der Waals surface area contributed by atoms with Gasteiger partial charge in [0.25, 0.3) is 5.91 Å². The molecule has 202 valence electrons. The molecule has 1 amide bonds. The van der Waals surface area contributed by atoms with Gasteiger partial charge in [-0.15, -0.1) is 0 Å². The van der Waals surface area contributed by atoms with Crippen LogP contribution in [0.5, 0.6) is 0 Å². The highest BCUT2D eigenvalue weighted by atomic mass is 19.1. The summed E-state index contributed by atoms with van der Waals surface area (Å²) in [6.07, 6.45) is 6.41. The summed E-state index contributed by atoms with van der Waals surface area (Å²) in [5, 5.41) is 3.78. The molecule has 0 spiro atoms. The summed E-state index contributed by atoms with van der Waals surface area (Å²) in [7, 11) is 0. The second kappa shape index (κ2) is 11.0. The molecule has 12 heteroatoms. The van der Waals surface area contributed by atoms with Gasteiger partial charge in [-0.2, -0.15) is 4.98 Å². The van der Waals surface area contributed by atoms with Gasteiger partial charge in [0.15, 0.2) is 0 Å². The van der Waals surface area contributed by atoms with E-state index in [2.05, 4.69) is 20.3 Å². The van der Waals surface area contributed by atoms with Crippen LogP contribution < -0.4 is 5.32 Å². The zero-order valence-corrected chi connectivity index (χ0v) is 21.1. The number of carbonyl (C=O) groups is 1. The first kappa shape index (κ1) is 25.3. The van der Waals surface area contributed by atoms with Gasteiger partial charge in [0, 0.05) is 62.3 Å². The Morgan fingerprint density at radius 1 is 0.949 bits per heavy atom. The van der Waals surface area contributed by atoms with Crippen LogP contribution in [-0.2, 0) is 16.0 Å². The Morgan fingerprint density at radius 2 is 1.67 bits per heavy atom. The van der Waals surface area contributed by atoms with Gasteiger partial charge in [-0.05, 0) is 24.3 Å². The highest BCUT2D eigenvalue weighted by Crippen LogP contribution is 2.25. The van der Waals surface area contributed by atoms with Crippen molar-refractivity contribution < 1.29 is 23.0 Å². The summed E-state index contributed by atoms with van der Waals surface area (Å²) in [6, 6.07) is 6.10. The Labute approximate surface area is 223 Å². The number of anilines is 2. The summed E-state index contributed by atoms with van der Waals surface area (Å²) in [5.41, 5.74) is 1.80. The molecule has 10 nitrogen and oxygen atoms in total. The molecule has 1 N–H and O–H groups in total. The molecule has 6 rings (SSSR count). The maximum Gasteiger partial charge on any atom is 0.255 e. The van der Waals surface area contributed by atoms with Crippen molar-refractivity contribution >= 4 is 28.6 Å². The summed E-state index contributed by atoms with van der Waals surface area (Å²) >= 11 is 0. The number of nitrogens with zero attached hydrogens (tertiary/aromatic N) is 6. The average Bonchev–Trinajstić information content (AvgIpc) is 3.39. The molecule has 0 aliphatic carbocycles. The zero-order valence-electron chi connectivity index (χ0n) is 21.1. The van der Waals surface area contributed by atoms with Crippen molar-refractivity contribution in [1.82, 2.24) is 29.3 Å². The largest absolute Gasteiger partial charge is 0.379 e. The molecule has 4 aromatic rings. The van der Waals surface area contributed by atoms with Crippen LogP contribution in [0.1, 0.15) is 15.9 Å². The van der Waals surface area contributed by atoms with Crippen molar-refractivity contribution in [1.29, 1.82) is 0 Å². The third-order valence-corrected chi connectivity index (χ3v) is 6.86. The van der Waals surface area contributed by atoms with Crippen molar-refractivity contribution in [2.75, 3.05) is 57.9 Å². The number of benzene rings is 1. The number of ether oxygens (including phenoxy) is 2. The van der Waals surface area contributed by atoms with Gasteiger partial charge in [0.2, 0.25) is 5.95 Å². The van der Waals surface area contributed by atoms with E-state index in [0.29, 0.717) is 80.6 Å². The van der Waals surface area contributed by atoms with Crippen molar-refractivity contribution in [2.45, 2.75) is 6.54 Å². The second-order valence-electron chi connectivity index (χ2n) is 9.43. The van der Waals surface area contributed by atoms with E-state index in [9.17, 15) is 4.79 Å². The minimum absolute atomic E-state index is 0.0353. The number of rotatable bonds is 6. The van der Waals surface area contributed by atoms with Gasteiger partial charge < -0.3 is 24.3 Å². The Hall–Kier alpha value is -4.00. The van der Waals surface area contributed by atoms with Crippen LogP contribution in [0.3, 0.4) is 0 Å². The van der Waals surface area contributed by atoms with E-state index in [1.807, 2.05) is 4.90 Å². The molecule has 2 aliphatic heterocycles. The van der Waals surface area contributed by atoms with Crippen molar-refractivity contribution in [3.8, 4) is 5.69 Å². The first-order valence-corrected chi connectivity index (χ1v) is 12.8. The lowest BCUT2D eigenvalue weighted by atomic mass is 10.1. The van der Waals surface area contributed by atoms with Gasteiger partial charge in [0.05, 0.1) is 49.6 Å². The molecule has 39 heavy (non-hydrogen) atoms. The van der Waals surface area contributed by atoms with Crippen LogP contribution in [0.2, 0.25) is 0 Å². The lowest BCUT2D eigenvalue weighted by Gasteiger charge is -2.27. The van der Waals surface area contributed by atoms with Gasteiger partial charge in [-0.3, -0.25) is 14.7 Å². The van der Waals surface area contributed by atoms with Crippen LogP contribution in [0.25, 0.3) is 16.7 Å². The monoisotopic (exact) mass is 535 g/mol. The number of halogens is 2. The molecule has 1 aromatic carbocycles. The number of fused-ring (bicyclic) bond motifs is 1. The molecule has 0 radical (unpaired) electrons. The Balaban J connectivity index is 1.24. The Kier molecular flexibility index (Phi) is 7.14. The minimum Gasteiger partial charge on any atom is -0.379 e. The summed E-state index contributed by atoms with van der Waals surface area (Å²) in [5.74, 6) is -1.09. The van der Waals surface area contributed by atoms with E-state index in [-0.39, 0.29) is 24.0 Å². The molecule has 2 saturated heterocycles. The number of aromatic nitrogens is 4. The predicted molar refractivity (Wildman–Crippen MR) is 139 cm³/mol. The maximum absolute atomic E-state index is 15.1. The van der Waals surface area contributed by atoms with Crippen molar-refractivity contribution in [2.24, 2.45) is 0 Å². The average molecular weight is 536 g/mol. The fourth-order valence-electron chi connectivity index (χ4n) is 4.75. The fraction of sp³-hybridized carbons (Fsp3) is 0.333. The molecule has 2 fully saturated rings. The topological polar surface area (TPSA) is 97.6 Å². The fourth-order valence-corrected chi connectivity index (χ4v) is 4.75. The van der Waals surface area contributed by atoms with E-state index < -0.39 is 11.6 Å². The molecule has 0 atom stereocenters. The first-order chi connectivity index (χ1) is 19.0. The maximum atomic E-state index is 15.1. The third kappa shape index (κ3) is 5.44. The van der Waals surface area contributed by atoms with E-state index >= 15 is 8.78 Å². The van der Waals surface area contributed by atoms with Gasteiger partial charge in [-0.1, -0.05) is 0 Å². The second-order valence-corrected chi connectivity index (χ2v) is 9.43. The molecule has 3 aromatic heterocycles. The molecule has 0 unspecified atom stereocenters. The number of amides is 1. The number of carbonyl (C=O) groups excluding carboxylic acids is 1. The van der Waals surface area contributed by atoms with E-state index in [1.54, 1.807) is 40.2 Å². The normalized spacial score (nSPS) is 16.5. The SMILES string of the molecule is O=C(c1cncc(Nc2ncc3ccn(-c4cc(F)c(CN5CCOCC5)c(F)c4)c3n2)c1)N1CCOCC1. The van der Waals surface area contributed by atoms with Crippen LogP contribution in [0, 0.1) is 11.6 Å². The highest BCUT2D eigenvalue weighted by molar-refractivity contribution is 5.95. The molecule has 5 heterocycles. The summed E-state index contributed by atoms with van der Waals surface area (Å²) in [4.78, 5) is 29.7. The van der Waals surface area contributed by atoms with Crippen LogP contribution in [-0.4, -0.2) is 87.8 Å². The number of morpholine rings is 2. The number of pyridine rings is 1. The van der Waals surface area contributed by atoms with E-state index in [0.717, 1.165) is 0 Å². The highest BCUT2D eigenvalue weighted by Gasteiger charge is 2.20. The van der Waals surface area contributed by atoms with Gasteiger partial charge >= 0.3 is 0 Å². The molecule has 2 aliphatic rings. The van der Waals surface area contributed by atoms with Crippen molar-refractivity contribution in [3.63, 3.8) is 0 Å². The Bertz CT molecular complexity index is 1480. The lowest BCUT2D eigenvalue weighted by Crippen LogP contribution is -2.40. The summed E-state index contributed by atoms with van der Waals surface area (Å²) < 4.78 is 42.4. The number of hydrogen-bond donors (Lipinski definition) is 1. The molecule has 0 bridgehead atoms. The van der Waals surface area contributed by atoms with E-state index in [1.165, 1.54) is 18.3 Å². The molecular formula is C27H27F2N7O3. The van der Waals surface area contributed by atoms with Crippen LogP contribution in [0.4, 0.5) is 20.4 Å². The van der Waals surface area contributed by atoms with Gasteiger partial charge in [-0.25, -0.2) is 13.8 Å². The third-order valence-electron chi connectivity index (χ3n) is 6.86. The first-order valence-electron chi connectivity index (χ1n) is 12.8. The number of nitrogens with one attached hydrogen (secondary N) is 1. The van der Waals surface area contributed by atoms with Gasteiger partial charge in [0.1, 0.15) is 17.3 Å². The number of hydrogen-bond acceptors (Lipinski definition) is 8. The minimum atomic E-state index is -0.612. The molecular weight excluding hydrogens is 508 g/mol. The van der Waals surface area contributed by atoms with Crippen LogP contribution >= 0.6 is 0 Å². The summed E-state index contributed by atoms with van der Waals surface area (Å²) in [6.45, 7) is 4.64. The zero-order chi connectivity index (χ0) is 26.8.